The Bertz CT molecular complexity index is 1240. The summed E-state index contributed by atoms with van der Waals surface area (Å²) in [5, 5.41) is 2.94. The Morgan fingerprint density at radius 3 is 2.74 bits per heavy atom. The minimum Gasteiger partial charge on any atom is -0.376 e. The topological polar surface area (TPSA) is 42.4 Å². The number of benzene rings is 3. The molecule has 3 aromatic carbocycles. The fraction of sp³-hybridized carbons (Fsp3) is 0.308. The molecule has 0 N–H and O–H groups in total. The number of anilines is 1. The summed E-state index contributed by atoms with van der Waals surface area (Å²) in [5.41, 5.74) is 2.90. The van der Waals surface area contributed by atoms with Gasteiger partial charge in [-0.25, -0.2) is 4.98 Å². The first-order valence-electron chi connectivity index (χ1n) is 10.9. The predicted molar refractivity (Wildman–Crippen MR) is 128 cm³/mol. The monoisotopic (exact) mass is 430 g/mol. The van der Waals surface area contributed by atoms with Crippen LogP contribution in [0.3, 0.4) is 0 Å². The maximum Gasteiger partial charge on any atom is 0.260 e. The van der Waals surface area contributed by atoms with E-state index in [0.717, 1.165) is 45.6 Å². The van der Waals surface area contributed by atoms with Gasteiger partial charge in [-0.3, -0.25) is 9.69 Å². The van der Waals surface area contributed by atoms with Gasteiger partial charge < -0.3 is 4.74 Å². The third-order valence-corrected chi connectivity index (χ3v) is 6.99. The summed E-state index contributed by atoms with van der Waals surface area (Å²) in [6, 6.07) is 20.3. The van der Waals surface area contributed by atoms with E-state index in [4.69, 9.17) is 9.72 Å². The van der Waals surface area contributed by atoms with Crippen LogP contribution >= 0.6 is 11.3 Å². The molecule has 1 aliphatic heterocycles. The van der Waals surface area contributed by atoms with Gasteiger partial charge in [-0.1, -0.05) is 67.6 Å². The molecule has 1 aromatic heterocycles. The summed E-state index contributed by atoms with van der Waals surface area (Å²) in [6.07, 6.45) is 2.07. The molecule has 1 aliphatic rings. The summed E-state index contributed by atoms with van der Waals surface area (Å²) >= 11 is 1.59. The Kier molecular flexibility index (Phi) is 5.47. The molecule has 1 fully saturated rings. The van der Waals surface area contributed by atoms with E-state index >= 15 is 0 Å². The molecule has 0 bridgehead atoms. The van der Waals surface area contributed by atoms with E-state index in [1.54, 1.807) is 11.3 Å². The van der Waals surface area contributed by atoms with Crippen molar-refractivity contribution in [2.45, 2.75) is 38.7 Å². The lowest BCUT2D eigenvalue weighted by atomic mass is 10.0. The Hall–Kier alpha value is -2.76. The zero-order valence-electron chi connectivity index (χ0n) is 17.9. The van der Waals surface area contributed by atoms with Crippen molar-refractivity contribution in [2.24, 2.45) is 0 Å². The summed E-state index contributed by atoms with van der Waals surface area (Å²) in [5.74, 6) is 0.355. The molecular formula is C26H26N2O2S. The van der Waals surface area contributed by atoms with Crippen LogP contribution in [-0.2, 0) is 4.74 Å². The zero-order valence-corrected chi connectivity index (χ0v) is 18.7. The molecule has 2 heterocycles. The van der Waals surface area contributed by atoms with Crippen LogP contribution < -0.4 is 4.90 Å². The molecule has 158 valence electrons. The fourth-order valence-corrected chi connectivity index (χ4v) is 5.27. The first kappa shape index (κ1) is 20.2. The van der Waals surface area contributed by atoms with E-state index in [1.807, 2.05) is 41.3 Å². The second kappa shape index (κ2) is 8.40. The van der Waals surface area contributed by atoms with Crippen molar-refractivity contribution < 1.29 is 9.53 Å². The predicted octanol–water partition coefficient (Wildman–Crippen LogP) is 6.40. The molecule has 1 saturated heterocycles. The lowest BCUT2D eigenvalue weighted by molar-refractivity contribution is 0.0917. The number of hydrogen-bond acceptors (Lipinski definition) is 4. The van der Waals surface area contributed by atoms with Gasteiger partial charge in [0.1, 0.15) is 0 Å². The molecule has 1 atom stereocenters. The van der Waals surface area contributed by atoms with Gasteiger partial charge in [-0.05, 0) is 53.3 Å². The van der Waals surface area contributed by atoms with E-state index in [0.29, 0.717) is 18.0 Å². The Balaban J connectivity index is 1.57. The largest absolute Gasteiger partial charge is 0.376 e. The molecule has 0 aliphatic carbocycles. The van der Waals surface area contributed by atoms with Crippen LogP contribution in [0.4, 0.5) is 5.13 Å². The molecule has 4 nitrogen and oxygen atoms in total. The molecule has 0 spiro atoms. The standard InChI is InChI=1S/C26H26N2O2S/c1-17(2)22-10-5-11-23-24(22)27-26(31-23)28(16-21-9-6-14-30-21)25(29)20-13-12-18-7-3-4-8-19(18)15-20/h3-5,7-8,10-13,15,17,21H,6,9,14,16H2,1-2H3. The molecule has 5 rings (SSSR count). The van der Waals surface area contributed by atoms with Crippen LogP contribution in [-0.4, -0.2) is 30.1 Å². The normalized spacial score (nSPS) is 16.4. The highest BCUT2D eigenvalue weighted by molar-refractivity contribution is 7.22. The Morgan fingerprint density at radius 2 is 1.97 bits per heavy atom. The van der Waals surface area contributed by atoms with Crippen molar-refractivity contribution >= 4 is 43.4 Å². The number of thiazole rings is 1. The van der Waals surface area contributed by atoms with Crippen molar-refractivity contribution in [3.8, 4) is 0 Å². The van der Waals surface area contributed by atoms with Gasteiger partial charge >= 0.3 is 0 Å². The van der Waals surface area contributed by atoms with Crippen molar-refractivity contribution in [1.82, 2.24) is 4.98 Å². The number of rotatable bonds is 5. The van der Waals surface area contributed by atoms with Crippen LogP contribution in [0.1, 0.15) is 48.5 Å². The van der Waals surface area contributed by atoms with Gasteiger partial charge in [-0.2, -0.15) is 0 Å². The Labute approximate surface area is 186 Å². The molecule has 1 unspecified atom stereocenters. The van der Waals surface area contributed by atoms with Crippen LogP contribution in [0.5, 0.6) is 0 Å². The number of ether oxygens (including phenoxy) is 1. The minimum atomic E-state index is -0.0218. The third-order valence-electron chi connectivity index (χ3n) is 5.94. The SMILES string of the molecule is CC(C)c1cccc2sc(N(CC3CCCO3)C(=O)c3ccc4ccccc4c3)nc12. The first-order valence-corrected chi connectivity index (χ1v) is 11.7. The Morgan fingerprint density at radius 1 is 1.13 bits per heavy atom. The smallest absolute Gasteiger partial charge is 0.260 e. The van der Waals surface area contributed by atoms with Crippen molar-refractivity contribution in [2.75, 3.05) is 18.1 Å². The van der Waals surface area contributed by atoms with E-state index in [2.05, 4.69) is 38.1 Å². The first-order chi connectivity index (χ1) is 15.1. The molecule has 4 aromatic rings. The van der Waals surface area contributed by atoms with Crippen molar-refractivity contribution in [3.63, 3.8) is 0 Å². The molecule has 0 saturated carbocycles. The number of amides is 1. The number of nitrogens with zero attached hydrogens (tertiary/aromatic N) is 2. The van der Waals surface area contributed by atoms with Crippen LogP contribution in [0.15, 0.2) is 60.7 Å². The fourth-order valence-electron chi connectivity index (χ4n) is 4.26. The van der Waals surface area contributed by atoms with Crippen LogP contribution in [0, 0.1) is 0 Å². The van der Waals surface area contributed by atoms with E-state index in [9.17, 15) is 4.79 Å². The van der Waals surface area contributed by atoms with Crippen LogP contribution in [0.25, 0.3) is 21.0 Å². The van der Waals surface area contributed by atoms with Gasteiger partial charge in [-0.15, -0.1) is 0 Å². The van der Waals surface area contributed by atoms with Crippen LogP contribution in [0.2, 0.25) is 0 Å². The molecule has 0 radical (unpaired) electrons. The summed E-state index contributed by atoms with van der Waals surface area (Å²) < 4.78 is 7.00. The summed E-state index contributed by atoms with van der Waals surface area (Å²) in [4.78, 5) is 20.5. The van der Waals surface area contributed by atoms with E-state index in [1.165, 1.54) is 5.56 Å². The van der Waals surface area contributed by atoms with Gasteiger partial charge in [0.25, 0.3) is 5.91 Å². The lowest BCUT2D eigenvalue weighted by Crippen LogP contribution is -2.37. The van der Waals surface area contributed by atoms with Gasteiger partial charge in [0, 0.05) is 12.2 Å². The highest BCUT2D eigenvalue weighted by atomic mass is 32.1. The zero-order chi connectivity index (χ0) is 21.4. The number of carbonyl (C=O) groups excluding carboxylic acids is 1. The second-order valence-corrected chi connectivity index (χ2v) is 9.47. The summed E-state index contributed by atoms with van der Waals surface area (Å²) in [6.45, 7) is 5.65. The number of fused-ring (bicyclic) bond motifs is 2. The average molecular weight is 431 g/mol. The second-order valence-electron chi connectivity index (χ2n) is 8.46. The van der Waals surface area contributed by atoms with Gasteiger partial charge in [0.2, 0.25) is 0 Å². The van der Waals surface area contributed by atoms with Gasteiger partial charge in [0.15, 0.2) is 5.13 Å². The number of hydrogen-bond donors (Lipinski definition) is 0. The maximum absolute atomic E-state index is 13.7. The average Bonchev–Trinajstić information content (AvgIpc) is 3.45. The van der Waals surface area contributed by atoms with E-state index < -0.39 is 0 Å². The molecule has 31 heavy (non-hydrogen) atoms. The quantitative estimate of drug-likeness (QED) is 0.368. The number of para-hydroxylation sites is 1. The third kappa shape index (κ3) is 3.95. The lowest BCUT2D eigenvalue weighted by Gasteiger charge is -2.23. The van der Waals surface area contributed by atoms with Gasteiger partial charge in [0.05, 0.1) is 22.9 Å². The molecule has 1 amide bonds. The minimum absolute atomic E-state index is 0.0218. The molecular weight excluding hydrogens is 404 g/mol. The molecule has 5 heteroatoms. The highest BCUT2D eigenvalue weighted by Gasteiger charge is 2.27. The summed E-state index contributed by atoms with van der Waals surface area (Å²) in [7, 11) is 0. The highest BCUT2D eigenvalue weighted by Crippen LogP contribution is 2.35. The van der Waals surface area contributed by atoms with E-state index in [-0.39, 0.29) is 12.0 Å². The maximum atomic E-state index is 13.7. The number of aromatic nitrogens is 1. The van der Waals surface area contributed by atoms with Crippen molar-refractivity contribution in [3.05, 3.63) is 71.8 Å². The van der Waals surface area contributed by atoms with Crippen molar-refractivity contribution in [1.29, 1.82) is 0 Å². The number of carbonyl (C=O) groups is 1.